The summed E-state index contributed by atoms with van der Waals surface area (Å²) in [5.41, 5.74) is 1.08. The number of para-hydroxylation sites is 2. The minimum absolute atomic E-state index is 0.0962. The van der Waals surface area contributed by atoms with Gasteiger partial charge in [-0.15, -0.1) is 0 Å². The fraction of sp³-hybridized carbons (Fsp3) is 0. The van der Waals surface area contributed by atoms with Gasteiger partial charge in [-0.3, -0.25) is 15.3 Å². The molecule has 0 atom stereocenters. The Bertz CT molecular complexity index is 716. The lowest BCUT2D eigenvalue weighted by atomic mass is 10.2. The molecule has 0 aliphatic carbocycles. The van der Waals surface area contributed by atoms with Crippen molar-refractivity contribution in [3.8, 4) is 0 Å². The van der Waals surface area contributed by atoms with Crippen molar-refractivity contribution in [3.63, 3.8) is 0 Å². The van der Waals surface area contributed by atoms with Crippen molar-refractivity contribution < 1.29 is 14.9 Å². The first-order valence-corrected chi connectivity index (χ1v) is 6.01. The maximum atomic E-state index is 12.1. The van der Waals surface area contributed by atoms with Crippen LogP contribution in [0.15, 0.2) is 48.5 Å². The summed E-state index contributed by atoms with van der Waals surface area (Å²) in [6.45, 7) is 0. The highest BCUT2D eigenvalue weighted by Gasteiger charge is 2.30. The van der Waals surface area contributed by atoms with E-state index >= 15 is 0 Å². The van der Waals surface area contributed by atoms with Crippen molar-refractivity contribution >= 4 is 28.8 Å². The van der Waals surface area contributed by atoms with E-state index in [4.69, 9.17) is 0 Å². The average Bonchev–Trinajstić information content (AvgIpc) is 2.48. The third-order valence-electron chi connectivity index (χ3n) is 3.05. The Labute approximate surface area is 118 Å². The van der Waals surface area contributed by atoms with Gasteiger partial charge in [-0.2, -0.15) is 10.2 Å². The van der Waals surface area contributed by atoms with Crippen molar-refractivity contribution in [3.05, 3.63) is 58.6 Å². The van der Waals surface area contributed by atoms with E-state index in [9.17, 15) is 20.1 Å². The minimum atomic E-state index is -0.565. The highest BCUT2D eigenvalue weighted by Crippen LogP contribution is 2.33. The number of carbonyl (C=O) groups excluding carboxylic acids is 1. The van der Waals surface area contributed by atoms with Crippen molar-refractivity contribution in [1.29, 1.82) is 0 Å². The molecule has 0 radical (unpaired) electrons. The van der Waals surface area contributed by atoms with Gasteiger partial charge in [-0.1, -0.05) is 12.1 Å². The van der Waals surface area contributed by atoms with Crippen LogP contribution in [0.1, 0.15) is 0 Å². The largest absolute Gasteiger partial charge is 0.347 e. The van der Waals surface area contributed by atoms with Crippen molar-refractivity contribution in [2.24, 2.45) is 0 Å². The minimum Gasteiger partial charge on any atom is -0.304 e. The number of nitrogens with one attached hydrogen (secondary N) is 1. The summed E-state index contributed by atoms with van der Waals surface area (Å²) < 4.78 is 0. The summed E-state index contributed by atoms with van der Waals surface area (Å²) in [7, 11) is 0. The molecule has 0 fully saturated rings. The molecular formula is C13H10N4O4. The summed E-state index contributed by atoms with van der Waals surface area (Å²) >= 11 is 0. The number of benzene rings is 2. The number of rotatable bonds is 2. The summed E-state index contributed by atoms with van der Waals surface area (Å²) in [5, 5.41) is 25.1. The van der Waals surface area contributed by atoms with Crippen LogP contribution in [0.3, 0.4) is 0 Å². The number of carbonyl (C=O) groups is 1. The summed E-state index contributed by atoms with van der Waals surface area (Å²) in [4.78, 5) is 22.2. The predicted molar refractivity (Wildman–Crippen MR) is 75.3 cm³/mol. The van der Waals surface area contributed by atoms with Crippen LogP contribution in [0.2, 0.25) is 0 Å². The van der Waals surface area contributed by atoms with Crippen LogP contribution < -0.4 is 15.5 Å². The smallest absolute Gasteiger partial charge is 0.304 e. The topological polar surface area (TPSA) is 99.0 Å². The molecule has 0 saturated heterocycles. The molecule has 1 aliphatic heterocycles. The van der Waals surface area contributed by atoms with E-state index in [1.807, 2.05) is 0 Å². The van der Waals surface area contributed by atoms with E-state index in [1.54, 1.807) is 24.3 Å². The summed E-state index contributed by atoms with van der Waals surface area (Å²) in [6.07, 6.45) is 0. The van der Waals surface area contributed by atoms with Crippen molar-refractivity contribution in [1.82, 2.24) is 0 Å². The van der Waals surface area contributed by atoms with Gasteiger partial charge in [-0.25, -0.2) is 4.79 Å². The molecule has 8 heteroatoms. The number of amides is 2. The van der Waals surface area contributed by atoms with Crippen LogP contribution in [0.25, 0.3) is 0 Å². The zero-order valence-electron chi connectivity index (χ0n) is 10.6. The predicted octanol–water partition coefficient (Wildman–Crippen LogP) is 2.76. The van der Waals surface area contributed by atoms with Crippen LogP contribution in [0, 0.1) is 10.1 Å². The molecule has 0 bridgehead atoms. The van der Waals surface area contributed by atoms with Gasteiger partial charge in [0, 0.05) is 12.1 Å². The van der Waals surface area contributed by atoms with Gasteiger partial charge in [-0.05, 0) is 24.3 Å². The van der Waals surface area contributed by atoms with Gasteiger partial charge >= 0.3 is 6.03 Å². The van der Waals surface area contributed by atoms with Crippen LogP contribution in [0.4, 0.5) is 27.5 Å². The number of hydrogen-bond acceptors (Lipinski definition) is 5. The van der Waals surface area contributed by atoms with Gasteiger partial charge in [0.15, 0.2) is 0 Å². The van der Waals surface area contributed by atoms with Crippen molar-refractivity contribution in [2.45, 2.75) is 0 Å². The quantitative estimate of drug-likeness (QED) is 0.653. The maximum absolute atomic E-state index is 12.1. The van der Waals surface area contributed by atoms with Crippen LogP contribution >= 0.6 is 0 Å². The van der Waals surface area contributed by atoms with Gasteiger partial charge in [0.25, 0.3) is 5.69 Å². The number of nitro benzene ring substituents is 1. The zero-order chi connectivity index (χ0) is 15.0. The average molecular weight is 286 g/mol. The van der Waals surface area contributed by atoms with Gasteiger partial charge in [0.05, 0.1) is 16.3 Å². The fourth-order valence-corrected chi connectivity index (χ4v) is 2.06. The molecule has 0 aromatic heterocycles. The van der Waals surface area contributed by atoms with Crippen LogP contribution in [-0.2, 0) is 0 Å². The van der Waals surface area contributed by atoms with Crippen LogP contribution in [-0.4, -0.2) is 16.2 Å². The SMILES string of the molecule is O=C1Nc2ccccc2N(O)N1c1ccc([N+](=O)[O-])cc1. The second-order valence-electron chi connectivity index (χ2n) is 4.32. The Hall–Kier alpha value is -3.13. The Balaban J connectivity index is 1.99. The molecule has 8 nitrogen and oxygen atoms in total. The zero-order valence-corrected chi connectivity index (χ0v) is 10.6. The number of fused-ring (bicyclic) bond motifs is 1. The van der Waals surface area contributed by atoms with Gasteiger partial charge in [0.1, 0.15) is 5.69 Å². The molecule has 2 aromatic rings. The highest BCUT2D eigenvalue weighted by atomic mass is 16.6. The van der Waals surface area contributed by atoms with E-state index in [-0.39, 0.29) is 5.69 Å². The first-order valence-electron chi connectivity index (χ1n) is 6.01. The molecule has 3 rings (SSSR count). The number of urea groups is 1. The first-order chi connectivity index (χ1) is 10.1. The number of non-ortho nitro benzene ring substituents is 1. The molecule has 1 aliphatic rings. The number of nitrogens with zero attached hydrogens (tertiary/aromatic N) is 3. The van der Waals surface area contributed by atoms with Gasteiger partial charge < -0.3 is 5.32 Å². The molecule has 0 saturated carbocycles. The third-order valence-corrected chi connectivity index (χ3v) is 3.05. The Morgan fingerprint density at radius 2 is 1.76 bits per heavy atom. The van der Waals surface area contributed by atoms with E-state index < -0.39 is 11.0 Å². The molecule has 2 amide bonds. The monoisotopic (exact) mass is 286 g/mol. The molecule has 2 N–H and O–H groups in total. The summed E-state index contributed by atoms with van der Waals surface area (Å²) in [6, 6.07) is 11.5. The second-order valence-corrected chi connectivity index (χ2v) is 4.32. The van der Waals surface area contributed by atoms with E-state index in [2.05, 4.69) is 5.32 Å². The second kappa shape index (κ2) is 4.76. The highest BCUT2D eigenvalue weighted by molar-refractivity contribution is 6.08. The van der Waals surface area contributed by atoms with Crippen molar-refractivity contribution in [2.75, 3.05) is 15.5 Å². The number of hydrazine groups is 1. The fourth-order valence-electron chi connectivity index (χ4n) is 2.06. The molecule has 0 spiro atoms. The molecule has 1 heterocycles. The Morgan fingerprint density at radius 1 is 1.10 bits per heavy atom. The Kier molecular flexibility index (Phi) is 2.92. The molecular weight excluding hydrogens is 276 g/mol. The van der Waals surface area contributed by atoms with Crippen LogP contribution in [0.5, 0.6) is 0 Å². The third kappa shape index (κ3) is 2.13. The van der Waals surface area contributed by atoms with E-state index in [1.165, 1.54) is 24.3 Å². The standard InChI is InChI=1S/C13H10N4O4/c18-13-14-11-3-1-2-4-12(11)16(19)15(13)9-5-7-10(8-6-9)17(20)21/h1-8,19H,(H,14,18). The molecule has 21 heavy (non-hydrogen) atoms. The number of anilines is 3. The van der Waals surface area contributed by atoms with Gasteiger partial charge in [0.2, 0.25) is 0 Å². The lowest BCUT2D eigenvalue weighted by molar-refractivity contribution is -0.384. The normalized spacial score (nSPS) is 13.7. The lowest BCUT2D eigenvalue weighted by Gasteiger charge is -2.35. The molecule has 0 unspecified atom stereocenters. The first kappa shape index (κ1) is 12.9. The van der Waals surface area contributed by atoms with E-state index in [0.717, 1.165) is 5.01 Å². The Morgan fingerprint density at radius 3 is 2.43 bits per heavy atom. The summed E-state index contributed by atoms with van der Waals surface area (Å²) in [5.74, 6) is 0. The number of hydrogen-bond donors (Lipinski definition) is 2. The lowest BCUT2D eigenvalue weighted by Crippen LogP contribution is -2.50. The number of nitro groups is 1. The molecule has 106 valence electrons. The van der Waals surface area contributed by atoms with E-state index in [0.29, 0.717) is 22.2 Å². The molecule has 2 aromatic carbocycles. The maximum Gasteiger partial charge on any atom is 0.347 e.